The summed E-state index contributed by atoms with van der Waals surface area (Å²) in [6.45, 7) is 1.38. The second kappa shape index (κ2) is 7.23. The SMILES string of the molecule is O=C(O)[C@@H](Cc1ccccc1)Nc1nc(C2CCOCC2)no1. The van der Waals surface area contributed by atoms with Gasteiger partial charge in [-0.15, -0.1) is 0 Å². The maximum Gasteiger partial charge on any atom is 0.326 e. The molecule has 1 atom stereocenters. The summed E-state index contributed by atoms with van der Waals surface area (Å²) in [5.74, 6) is -0.139. The number of carboxylic acid groups (broad SMARTS) is 1. The molecule has 1 fully saturated rings. The highest BCUT2D eigenvalue weighted by Gasteiger charge is 2.24. The molecule has 0 amide bonds. The van der Waals surface area contributed by atoms with Crippen molar-refractivity contribution in [1.29, 1.82) is 0 Å². The van der Waals surface area contributed by atoms with Gasteiger partial charge in [0.2, 0.25) is 0 Å². The molecule has 1 saturated heterocycles. The first-order valence-electron chi connectivity index (χ1n) is 7.67. The molecule has 1 aliphatic rings. The first kappa shape index (κ1) is 15.5. The first-order chi connectivity index (χ1) is 11.2. The van der Waals surface area contributed by atoms with Gasteiger partial charge in [0.25, 0.3) is 0 Å². The van der Waals surface area contributed by atoms with E-state index in [-0.39, 0.29) is 11.9 Å². The average molecular weight is 317 g/mol. The predicted octanol–water partition coefficient (Wildman–Crippen LogP) is 2.07. The fourth-order valence-electron chi connectivity index (χ4n) is 2.61. The van der Waals surface area contributed by atoms with Gasteiger partial charge in [0, 0.05) is 25.6 Å². The molecule has 3 rings (SSSR count). The van der Waals surface area contributed by atoms with Crippen LogP contribution in [-0.2, 0) is 16.0 Å². The van der Waals surface area contributed by atoms with Crippen molar-refractivity contribution < 1.29 is 19.2 Å². The van der Waals surface area contributed by atoms with E-state index in [1.54, 1.807) is 0 Å². The molecule has 7 nitrogen and oxygen atoms in total. The smallest absolute Gasteiger partial charge is 0.326 e. The molecule has 2 heterocycles. The Hall–Kier alpha value is -2.41. The van der Waals surface area contributed by atoms with Crippen LogP contribution in [0.3, 0.4) is 0 Å². The van der Waals surface area contributed by atoms with Crippen LogP contribution >= 0.6 is 0 Å². The molecule has 1 aliphatic heterocycles. The van der Waals surface area contributed by atoms with Crippen molar-refractivity contribution in [2.75, 3.05) is 18.5 Å². The molecule has 0 bridgehead atoms. The molecule has 0 spiro atoms. The molecule has 23 heavy (non-hydrogen) atoms. The van der Waals surface area contributed by atoms with Gasteiger partial charge in [0.15, 0.2) is 5.82 Å². The molecular weight excluding hydrogens is 298 g/mol. The van der Waals surface area contributed by atoms with Crippen LogP contribution in [-0.4, -0.2) is 40.5 Å². The van der Waals surface area contributed by atoms with Crippen molar-refractivity contribution in [3.63, 3.8) is 0 Å². The van der Waals surface area contributed by atoms with E-state index in [1.807, 2.05) is 30.3 Å². The minimum absolute atomic E-state index is 0.148. The number of rotatable bonds is 6. The Kier molecular flexibility index (Phi) is 4.87. The fraction of sp³-hybridized carbons (Fsp3) is 0.438. The van der Waals surface area contributed by atoms with Crippen LogP contribution in [0.1, 0.15) is 30.1 Å². The average Bonchev–Trinajstić information content (AvgIpc) is 3.04. The summed E-state index contributed by atoms with van der Waals surface area (Å²) < 4.78 is 10.5. The number of nitrogens with one attached hydrogen (secondary N) is 1. The number of nitrogens with zero attached hydrogens (tertiary/aromatic N) is 2. The van der Waals surface area contributed by atoms with Crippen LogP contribution in [0.4, 0.5) is 6.01 Å². The summed E-state index contributed by atoms with van der Waals surface area (Å²) >= 11 is 0. The van der Waals surface area contributed by atoms with Crippen molar-refractivity contribution in [1.82, 2.24) is 10.1 Å². The van der Waals surface area contributed by atoms with Crippen LogP contribution in [0.15, 0.2) is 34.9 Å². The minimum atomic E-state index is -0.959. The van der Waals surface area contributed by atoms with Gasteiger partial charge in [-0.25, -0.2) is 4.79 Å². The summed E-state index contributed by atoms with van der Waals surface area (Å²) in [5.41, 5.74) is 0.927. The summed E-state index contributed by atoms with van der Waals surface area (Å²) in [6.07, 6.45) is 2.04. The highest BCUT2D eigenvalue weighted by Crippen LogP contribution is 2.25. The van der Waals surface area contributed by atoms with Crippen molar-refractivity contribution >= 4 is 12.0 Å². The second-order valence-electron chi connectivity index (χ2n) is 5.57. The molecule has 0 saturated carbocycles. The Balaban J connectivity index is 1.66. The highest BCUT2D eigenvalue weighted by atomic mass is 16.5. The Labute approximate surface area is 133 Å². The van der Waals surface area contributed by atoms with E-state index >= 15 is 0 Å². The number of ether oxygens (including phenoxy) is 1. The molecule has 1 aromatic heterocycles. The Morgan fingerprint density at radius 1 is 1.30 bits per heavy atom. The van der Waals surface area contributed by atoms with Gasteiger partial charge in [0.1, 0.15) is 6.04 Å². The van der Waals surface area contributed by atoms with E-state index in [0.717, 1.165) is 18.4 Å². The normalized spacial score (nSPS) is 16.9. The summed E-state index contributed by atoms with van der Waals surface area (Å²) in [6, 6.07) is 8.76. The van der Waals surface area contributed by atoms with Crippen LogP contribution in [0, 0.1) is 0 Å². The van der Waals surface area contributed by atoms with E-state index < -0.39 is 12.0 Å². The number of benzene rings is 1. The van der Waals surface area contributed by atoms with Gasteiger partial charge in [-0.3, -0.25) is 0 Å². The number of hydrogen-bond acceptors (Lipinski definition) is 6. The van der Waals surface area contributed by atoms with Gasteiger partial charge in [-0.1, -0.05) is 35.5 Å². The van der Waals surface area contributed by atoms with Crippen LogP contribution in [0.25, 0.3) is 0 Å². The van der Waals surface area contributed by atoms with Gasteiger partial charge in [-0.05, 0) is 18.4 Å². The third-order valence-electron chi connectivity index (χ3n) is 3.91. The topological polar surface area (TPSA) is 97.5 Å². The van der Waals surface area contributed by atoms with E-state index in [4.69, 9.17) is 9.26 Å². The number of carboxylic acids is 1. The number of carbonyl (C=O) groups is 1. The molecular formula is C16H19N3O4. The zero-order valence-corrected chi connectivity index (χ0v) is 12.6. The lowest BCUT2D eigenvalue weighted by atomic mass is 10.00. The third-order valence-corrected chi connectivity index (χ3v) is 3.91. The van der Waals surface area contributed by atoms with Gasteiger partial charge in [-0.2, -0.15) is 4.98 Å². The lowest BCUT2D eigenvalue weighted by molar-refractivity contribution is -0.137. The summed E-state index contributed by atoms with van der Waals surface area (Å²) in [4.78, 5) is 15.7. The lowest BCUT2D eigenvalue weighted by Gasteiger charge is -2.18. The monoisotopic (exact) mass is 317 g/mol. The van der Waals surface area contributed by atoms with Gasteiger partial charge < -0.3 is 19.7 Å². The highest BCUT2D eigenvalue weighted by molar-refractivity contribution is 5.76. The molecule has 0 radical (unpaired) electrons. The summed E-state index contributed by atoms with van der Waals surface area (Å²) in [7, 11) is 0. The van der Waals surface area contributed by atoms with E-state index in [0.29, 0.717) is 25.5 Å². The van der Waals surface area contributed by atoms with Crippen LogP contribution < -0.4 is 5.32 Å². The van der Waals surface area contributed by atoms with Gasteiger partial charge >= 0.3 is 12.0 Å². The predicted molar refractivity (Wildman–Crippen MR) is 82.3 cm³/mol. The Morgan fingerprint density at radius 2 is 2.04 bits per heavy atom. The quantitative estimate of drug-likeness (QED) is 0.841. The molecule has 0 aliphatic carbocycles. The molecule has 122 valence electrons. The van der Waals surface area contributed by atoms with E-state index in [2.05, 4.69) is 15.5 Å². The fourth-order valence-corrected chi connectivity index (χ4v) is 2.61. The Bertz CT molecular complexity index is 638. The number of hydrogen-bond donors (Lipinski definition) is 2. The molecule has 7 heteroatoms. The van der Waals surface area contributed by atoms with Crippen molar-refractivity contribution in [2.45, 2.75) is 31.2 Å². The third kappa shape index (κ3) is 4.07. The van der Waals surface area contributed by atoms with Crippen LogP contribution in [0.2, 0.25) is 0 Å². The zero-order chi connectivity index (χ0) is 16.1. The van der Waals surface area contributed by atoms with Crippen molar-refractivity contribution in [3.05, 3.63) is 41.7 Å². The van der Waals surface area contributed by atoms with Gasteiger partial charge in [0.05, 0.1) is 0 Å². The Morgan fingerprint density at radius 3 is 2.74 bits per heavy atom. The van der Waals surface area contributed by atoms with Crippen molar-refractivity contribution in [3.8, 4) is 0 Å². The zero-order valence-electron chi connectivity index (χ0n) is 12.6. The molecule has 2 aromatic rings. The largest absolute Gasteiger partial charge is 0.480 e. The molecule has 2 N–H and O–H groups in total. The second-order valence-corrected chi connectivity index (χ2v) is 5.57. The van der Waals surface area contributed by atoms with E-state index in [9.17, 15) is 9.90 Å². The van der Waals surface area contributed by atoms with E-state index in [1.165, 1.54) is 0 Å². The molecule has 0 unspecified atom stereocenters. The minimum Gasteiger partial charge on any atom is -0.480 e. The van der Waals surface area contributed by atoms with Crippen LogP contribution in [0.5, 0.6) is 0 Å². The number of aliphatic carboxylic acids is 1. The first-order valence-corrected chi connectivity index (χ1v) is 7.67. The van der Waals surface area contributed by atoms with Crippen molar-refractivity contribution in [2.24, 2.45) is 0 Å². The maximum absolute atomic E-state index is 11.4. The number of anilines is 1. The molecule has 1 aromatic carbocycles. The standard InChI is InChI=1S/C16H19N3O4/c20-15(21)13(10-11-4-2-1-3-5-11)17-16-18-14(19-23-16)12-6-8-22-9-7-12/h1-5,12-13H,6-10H2,(H,20,21)(H,17,18,19)/t13-/m1/s1. The lowest BCUT2D eigenvalue weighted by Crippen LogP contribution is -2.31. The maximum atomic E-state index is 11.4. The number of aromatic nitrogens is 2. The summed E-state index contributed by atoms with van der Waals surface area (Å²) in [5, 5.41) is 16.2.